The van der Waals surface area contributed by atoms with Crippen LogP contribution in [-0.4, -0.2) is 24.0 Å². The highest BCUT2D eigenvalue weighted by atomic mass is 16.6. The Kier molecular flexibility index (Phi) is 2.72. The Bertz CT molecular complexity index is 760. The predicted molar refractivity (Wildman–Crippen MR) is 86.5 cm³/mol. The molecule has 1 aromatic rings. The van der Waals surface area contributed by atoms with E-state index in [2.05, 4.69) is 10.6 Å². The zero-order chi connectivity index (χ0) is 16.4. The highest BCUT2D eigenvalue weighted by molar-refractivity contribution is 6.13. The highest BCUT2D eigenvalue weighted by Crippen LogP contribution is 2.64. The first-order valence-electron chi connectivity index (χ1n) is 7.95. The number of benzene rings is 1. The summed E-state index contributed by atoms with van der Waals surface area (Å²) in [6.07, 6.45) is 2.22. The van der Waals surface area contributed by atoms with Gasteiger partial charge in [0, 0.05) is 29.3 Å². The van der Waals surface area contributed by atoms with Crippen molar-refractivity contribution in [2.24, 2.45) is 5.92 Å². The number of carbonyl (C=O) groups excluding carboxylic acids is 2. The number of ketones is 1. The summed E-state index contributed by atoms with van der Waals surface area (Å²) in [5.41, 5.74) is 2.59. The van der Waals surface area contributed by atoms with Crippen LogP contribution in [0.5, 0.6) is 0 Å². The number of fused-ring (bicyclic) bond motifs is 1. The Hall–Kier alpha value is -2.30. The molecule has 1 saturated heterocycles. The molecule has 120 valence electrons. The Labute approximate surface area is 135 Å². The van der Waals surface area contributed by atoms with Gasteiger partial charge in [-0.05, 0) is 44.7 Å². The third-order valence-electron chi connectivity index (χ3n) is 4.83. The molecule has 3 aliphatic rings. The van der Waals surface area contributed by atoms with E-state index in [9.17, 15) is 9.59 Å². The summed E-state index contributed by atoms with van der Waals surface area (Å²) < 4.78 is 5.30. The van der Waals surface area contributed by atoms with Gasteiger partial charge < -0.3 is 10.1 Å². The van der Waals surface area contributed by atoms with Gasteiger partial charge in [-0.2, -0.15) is 0 Å². The van der Waals surface area contributed by atoms with Gasteiger partial charge in [-0.3, -0.25) is 10.1 Å². The van der Waals surface area contributed by atoms with Crippen LogP contribution in [0.15, 0.2) is 30.0 Å². The van der Waals surface area contributed by atoms with Crippen molar-refractivity contribution in [3.05, 3.63) is 41.1 Å². The van der Waals surface area contributed by atoms with Crippen LogP contribution >= 0.6 is 0 Å². The van der Waals surface area contributed by atoms with E-state index in [1.54, 1.807) is 12.1 Å². The molecular formula is C18H20N2O3. The number of hydrogen-bond acceptors (Lipinski definition) is 4. The molecule has 5 heteroatoms. The summed E-state index contributed by atoms with van der Waals surface area (Å²) >= 11 is 0. The smallest absolute Gasteiger partial charge is 0.412 e. The van der Waals surface area contributed by atoms with Gasteiger partial charge in [0.2, 0.25) is 0 Å². The lowest BCUT2D eigenvalue weighted by Gasteiger charge is -2.26. The summed E-state index contributed by atoms with van der Waals surface area (Å²) in [7, 11) is 0. The summed E-state index contributed by atoms with van der Waals surface area (Å²) in [6.45, 7) is 6.35. The molecule has 1 heterocycles. The summed E-state index contributed by atoms with van der Waals surface area (Å²) in [6, 6.07) is 5.66. The topological polar surface area (TPSA) is 67.4 Å². The monoisotopic (exact) mass is 312 g/mol. The van der Waals surface area contributed by atoms with E-state index in [1.807, 2.05) is 32.9 Å². The highest BCUT2D eigenvalue weighted by Gasteiger charge is 2.64. The van der Waals surface area contributed by atoms with E-state index in [1.165, 1.54) is 0 Å². The van der Waals surface area contributed by atoms with Crippen LogP contribution in [0.1, 0.15) is 43.1 Å². The van der Waals surface area contributed by atoms with Crippen molar-refractivity contribution in [2.45, 2.75) is 38.2 Å². The summed E-state index contributed by atoms with van der Waals surface area (Å²) in [5.74, 6) is 0.490. The molecule has 5 nitrogen and oxygen atoms in total. The Balaban J connectivity index is 1.71. The normalized spacial score (nSPS) is 27.2. The fraction of sp³-hybridized carbons (Fsp3) is 0.444. The number of amides is 1. The molecule has 2 atom stereocenters. The van der Waals surface area contributed by atoms with Crippen molar-refractivity contribution in [2.75, 3.05) is 11.9 Å². The maximum atomic E-state index is 12.6. The zero-order valence-corrected chi connectivity index (χ0v) is 13.5. The summed E-state index contributed by atoms with van der Waals surface area (Å²) in [5, 5.41) is 6.08. The fourth-order valence-electron chi connectivity index (χ4n) is 3.86. The molecule has 23 heavy (non-hydrogen) atoms. The van der Waals surface area contributed by atoms with E-state index in [0.29, 0.717) is 17.2 Å². The van der Waals surface area contributed by atoms with Crippen LogP contribution in [0.4, 0.5) is 10.5 Å². The zero-order valence-electron chi connectivity index (χ0n) is 13.5. The number of carbonyl (C=O) groups is 2. The van der Waals surface area contributed by atoms with Crippen LogP contribution in [-0.2, 0) is 10.2 Å². The first-order valence-corrected chi connectivity index (χ1v) is 7.95. The minimum Gasteiger partial charge on any atom is -0.444 e. The van der Waals surface area contributed by atoms with Crippen molar-refractivity contribution in [1.29, 1.82) is 0 Å². The van der Waals surface area contributed by atoms with E-state index in [-0.39, 0.29) is 11.2 Å². The number of anilines is 1. The maximum absolute atomic E-state index is 12.6. The fourth-order valence-corrected chi connectivity index (χ4v) is 3.86. The van der Waals surface area contributed by atoms with Crippen LogP contribution in [0.2, 0.25) is 0 Å². The molecule has 4 rings (SSSR count). The molecule has 0 bridgehead atoms. The molecule has 2 fully saturated rings. The summed E-state index contributed by atoms with van der Waals surface area (Å²) in [4.78, 5) is 24.6. The first-order chi connectivity index (χ1) is 10.8. The van der Waals surface area contributed by atoms with Gasteiger partial charge >= 0.3 is 6.09 Å². The number of hydrogen-bond donors (Lipinski definition) is 2. The SMILES string of the molecule is CC(C)(C)OC(=O)Nc1cccc2c1C(=O)C=C1NCC3CC123. The third kappa shape index (κ3) is 2.06. The number of piperidine rings is 1. The van der Waals surface area contributed by atoms with Crippen LogP contribution in [0.25, 0.3) is 0 Å². The molecule has 1 spiro atoms. The van der Waals surface area contributed by atoms with Gasteiger partial charge in [-0.1, -0.05) is 12.1 Å². The molecule has 1 saturated carbocycles. The van der Waals surface area contributed by atoms with E-state index >= 15 is 0 Å². The molecule has 1 amide bonds. The minimum atomic E-state index is -0.578. The van der Waals surface area contributed by atoms with Crippen molar-refractivity contribution >= 4 is 17.6 Å². The number of ether oxygens (including phenoxy) is 1. The number of nitrogens with one attached hydrogen (secondary N) is 2. The van der Waals surface area contributed by atoms with Crippen molar-refractivity contribution < 1.29 is 14.3 Å². The second kappa shape index (κ2) is 4.37. The van der Waals surface area contributed by atoms with Gasteiger partial charge in [0.1, 0.15) is 5.60 Å². The average Bonchev–Trinajstić information content (AvgIpc) is 3.05. The quantitative estimate of drug-likeness (QED) is 0.836. The minimum absolute atomic E-state index is 0.0329. The van der Waals surface area contributed by atoms with Crippen molar-refractivity contribution in [1.82, 2.24) is 5.32 Å². The predicted octanol–water partition coefficient (Wildman–Crippen LogP) is 2.97. The van der Waals surface area contributed by atoms with Crippen LogP contribution < -0.4 is 10.6 Å². The second-order valence-corrected chi connectivity index (χ2v) is 7.53. The average molecular weight is 312 g/mol. The second-order valence-electron chi connectivity index (χ2n) is 7.53. The third-order valence-corrected chi connectivity index (χ3v) is 4.83. The van der Waals surface area contributed by atoms with E-state index in [4.69, 9.17) is 4.74 Å². The number of rotatable bonds is 1. The Morgan fingerprint density at radius 3 is 2.87 bits per heavy atom. The lowest BCUT2D eigenvalue weighted by atomic mass is 9.81. The lowest BCUT2D eigenvalue weighted by molar-refractivity contribution is 0.0636. The maximum Gasteiger partial charge on any atom is 0.412 e. The van der Waals surface area contributed by atoms with Crippen LogP contribution in [0, 0.1) is 5.92 Å². The van der Waals surface area contributed by atoms with Gasteiger partial charge in [-0.15, -0.1) is 0 Å². The Morgan fingerprint density at radius 1 is 1.39 bits per heavy atom. The molecule has 2 N–H and O–H groups in total. The molecule has 0 aromatic heterocycles. The van der Waals surface area contributed by atoms with Gasteiger partial charge in [0.05, 0.1) is 5.69 Å². The van der Waals surface area contributed by atoms with Gasteiger partial charge in [0.25, 0.3) is 0 Å². The lowest BCUT2D eigenvalue weighted by Crippen LogP contribution is -2.29. The van der Waals surface area contributed by atoms with Gasteiger partial charge in [0.15, 0.2) is 5.78 Å². The molecular weight excluding hydrogens is 292 g/mol. The first kappa shape index (κ1) is 14.3. The molecule has 1 aromatic carbocycles. The molecule has 0 radical (unpaired) electrons. The Morgan fingerprint density at radius 2 is 2.17 bits per heavy atom. The number of allylic oxidation sites excluding steroid dienone is 2. The standard InChI is InChI=1S/C18H20N2O3/c1-17(2,3)23-16(22)20-12-6-4-5-11-15(12)13(21)7-14-18(11)8-10(18)9-19-14/h4-7,10,19H,8-9H2,1-3H3,(H,20,22). The van der Waals surface area contributed by atoms with E-state index in [0.717, 1.165) is 24.2 Å². The molecule has 2 aliphatic carbocycles. The molecule has 1 aliphatic heterocycles. The van der Waals surface area contributed by atoms with E-state index < -0.39 is 11.7 Å². The van der Waals surface area contributed by atoms with Crippen molar-refractivity contribution in [3.63, 3.8) is 0 Å². The van der Waals surface area contributed by atoms with Crippen molar-refractivity contribution in [3.8, 4) is 0 Å². The van der Waals surface area contributed by atoms with Gasteiger partial charge in [-0.25, -0.2) is 4.79 Å². The van der Waals surface area contributed by atoms with Crippen LogP contribution in [0.3, 0.4) is 0 Å². The largest absolute Gasteiger partial charge is 0.444 e. The molecule has 2 unspecified atom stereocenters.